The molecular formula is C25H25FN4O3S. The quantitative estimate of drug-likeness (QED) is 0.312. The average Bonchev–Trinajstić information content (AvgIpc) is 3.52. The fourth-order valence-corrected chi connectivity index (χ4v) is 4.34. The van der Waals surface area contributed by atoms with Crippen molar-refractivity contribution >= 4 is 17.7 Å². The van der Waals surface area contributed by atoms with Crippen LogP contribution in [0.1, 0.15) is 24.3 Å². The van der Waals surface area contributed by atoms with Crippen molar-refractivity contribution < 1.29 is 18.3 Å². The van der Waals surface area contributed by atoms with Crippen LogP contribution >= 0.6 is 11.8 Å². The van der Waals surface area contributed by atoms with E-state index in [4.69, 9.17) is 9.15 Å². The van der Waals surface area contributed by atoms with Crippen molar-refractivity contribution in [2.75, 3.05) is 19.9 Å². The summed E-state index contributed by atoms with van der Waals surface area (Å²) >= 11 is 1.31. The first-order chi connectivity index (χ1) is 16.5. The number of methoxy groups -OCH3 is 1. The fraction of sp³-hybridized carbons (Fsp3) is 0.240. The summed E-state index contributed by atoms with van der Waals surface area (Å²) < 4.78 is 26.1. The van der Waals surface area contributed by atoms with Crippen molar-refractivity contribution in [1.82, 2.24) is 19.7 Å². The largest absolute Gasteiger partial charge is 0.497 e. The number of hydrogen-bond donors (Lipinski definition) is 0. The van der Waals surface area contributed by atoms with E-state index in [-0.39, 0.29) is 23.5 Å². The van der Waals surface area contributed by atoms with Crippen molar-refractivity contribution in [3.05, 3.63) is 84.1 Å². The van der Waals surface area contributed by atoms with Gasteiger partial charge in [-0.2, -0.15) is 0 Å². The molecule has 2 aromatic carbocycles. The summed E-state index contributed by atoms with van der Waals surface area (Å²) in [7, 11) is 3.36. The van der Waals surface area contributed by atoms with E-state index in [1.165, 1.54) is 23.9 Å². The second-order valence-corrected chi connectivity index (χ2v) is 8.67. The summed E-state index contributed by atoms with van der Waals surface area (Å²) in [4.78, 5) is 14.6. The van der Waals surface area contributed by atoms with Crippen LogP contribution in [0.4, 0.5) is 4.39 Å². The summed E-state index contributed by atoms with van der Waals surface area (Å²) in [5.41, 5.74) is 1.71. The molecule has 0 N–H and O–H groups in total. The molecule has 0 radical (unpaired) electrons. The molecule has 0 aliphatic heterocycles. The van der Waals surface area contributed by atoms with Crippen molar-refractivity contribution in [3.63, 3.8) is 0 Å². The summed E-state index contributed by atoms with van der Waals surface area (Å²) in [5, 5.41) is 9.35. The lowest BCUT2D eigenvalue weighted by Crippen LogP contribution is -2.31. The van der Waals surface area contributed by atoms with Gasteiger partial charge in [0.15, 0.2) is 11.0 Å². The Morgan fingerprint density at radius 1 is 1.18 bits per heavy atom. The van der Waals surface area contributed by atoms with Gasteiger partial charge in [-0.25, -0.2) is 4.39 Å². The molecule has 0 saturated carbocycles. The molecule has 0 fully saturated rings. The van der Waals surface area contributed by atoms with Gasteiger partial charge in [0.05, 0.1) is 31.7 Å². The zero-order valence-electron chi connectivity index (χ0n) is 19.1. The van der Waals surface area contributed by atoms with Crippen LogP contribution in [-0.4, -0.2) is 45.5 Å². The van der Waals surface area contributed by atoms with Crippen molar-refractivity contribution in [2.24, 2.45) is 0 Å². The van der Waals surface area contributed by atoms with E-state index in [1.54, 1.807) is 37.5 Å². The minimum Gasteiger partial charge on any atom is -0.497 e. The second-order valence-electron chi connectivity index (χ2n) is 7.72. The first-order valence-corrected chi connectivity index (χ1v) is 11.7. The molecule has 0 spiro atoms. The number of nitrogens with zero attached hydrogens (tertiary/aromatic N) is 4. The van der Waals surface area contributed by atoms with E-state index in [0.717, 1.165) is 16.9 Å². The van der Waals surface area contributed by atoms with Gasteiger partial charge in [-0.05, 0) is 48.9 Å². The lowest BCUT2D eigenvalue weighted by molar-refractivity contribution is -0.128. The van der Waals surface area contributed by atoms with Crippen molar-refractivity contribution in [3.8, 4) is 17.1 Å². The molecule has 2 aromatic heterocycles. The Balaban J connectivity index is 1.53. The number of furan rings is 1. The third-order valence-corrected chi connectivity index (χ3v) is 6.54. The van der Waals surface area contributed by atoms with Crippen LogP contribution in [0.5, 0.6) is 5.75 Å². The molecule has 34 heavy (non-hydrogen) atoms. The smallest absolute Gasteiger partial charge is 0.233 e. The molecule has 4 rings (SSSR count). The molecule has 0 aliphatic carbocycles. The number of halogens is 1. The number of aromatic nitrogens is 3. The fourth-order valence-electron chi connectivity index (χ4n) is 3.48. The molecule has 4 aromatic rings. The third-order valence-electron chi connectivity index (χ3n) is 5.59. The Kier molecular flexibility index (Phi) is 7.32. The van der Waals surface area contributed by atoms with E-state index >= 15 is 0 Å². The number of hydrogen-bond acceptors (Lipinski definition) is 6. The summed E-state index contributed by atoms with van der Waals surface area (Å²) in [6, 6.07) is 17.3. The first kappa shape index (κ1) is 23.6. The topological polar surface area (TPSA) is 73.4 Å². The van der Waals surface area contributed by atoms with E-state index in [2.05, 4.69) is 10.2 Å². The molecule has 1 unspecified atom stereocenters. The van der Waals surface area contributed by atoms with Gasteiger partial charge in [-0.15, -0.1) is 10.2 Å². The van der Waals surface area contributed by atoms with Gasteiger partial charge in [0.25, 0.3) is 0 Å². The molecule has 176 valence electrons. The zero-order valence-corrected chi connectivity index (χ0v) is 20.0. The highest BCUT2D eigenvalue weighted by Gasteiger charge is 2.21. The third kappa shape index (κ3) is 5.31. The highest BCUT2D eigenvalue weighted by atomic mass is 32.2. The molecule has 0 saturated heterocycles. The Morgan fingerprint density at radius 2 is 1.97 bits per heavy atom. The Labute approximate surface area is 201 Å². The van der Waals surface area contributed by atoms with E-state index in [9.17, 15) is 9.18 Å². The molecule has 1 amide bonds. The molecule has 7 nitrogen and oxygen atoms in total. The predicted octanol–water partition coefficient (Wildman–Crippen LogP) is 5.05. The molecule has 1 atom stereocenters. The van der Waals surface area contributed by atoms with Crippen molar-refractivity contribution in [2.45, 2.75) is 24.7 Å². The minimum absolute atomic E-state index is 0.0719. The normalized spacial score (nSPS) is 11.9. The Bertz CT molecular complexity index is 1240. The molecule has 0 aliphatic rings. The van der Waals surface area contributed by atoms with Crippen molar-refractivity contribution in [1.29, 1.82) is 0 Å². The van der Waals surface area contributed by atoms with Gasteiger partial charge in [-0.1, -0.05) is 36.0 Å². The predicted molar refractivity (Wildman–Crippen MR) is 128 cm³/mol. The van der Waals surface area contributed by atoms with Crippen LogP contribution in [0.2, 0.25) is 0 Å². The zero-order chi connectivity index (χ0) is 24.1. The number of rotatable bonds is 9. The monoisotopic (exact) mass is 480 g/mol. The van der Waals surface area contributed by atoms with Gasteiger partial charge in [0, 0.05) is 12.6 Å². The molecule has 0 bridgehead atoms. The van der Waals surface area contributed by atoms with Gasteiger partial charge in [-0.3, -0.25) is 9.36 Å². The number of carbonyl (C=O) groups is 1. The van der Waals surface area contributed by atoms with Gasteiger partial charge in [0.1, 0.15) is 17.3 Å². The van der Waals surface area contributed by atoms with Crippen LogP contribution in [-0.2, 0) is 11.3 Å². The highest BCUT2D eigenvalue weighted by molar-refractivity contribution is 7.99. The summed E-state index contributed by atoms with van der Waals surface area (Å²) in [6.07, 6.45) is 1.62. The number of thioether (sulfide) groups is 1. The Hall–Kier alpha value is -3.59. The lowest BCUT2D eigenvalue weighted by Gasteiger charge is -2.25. The highest BCUT2D eigenvalue weighted by Crippen LogP contribution is 2.28. The number of carbonyl (C=O) groups excluding carboxylic acids is 1. The molecular weight excluding hydrogens is 455 g/mol. The minimum atomic E-state index is -0.303. The van der Waals surface area contributed by atoms with Gasteiger partial charge < -0.3 is 14.1 Å². The molecule has 9 heteroatoms. The van der Waals surface area contributed by atoms with E-state index in [1.807, 2.05) is 47.9 Å². The average molecular weight is 481 g/mol. The Morgan fingerprint density at radius 3 is 2.68 bits per heavy atom. The van der Waals surface area contributed by atoms with Crippen LogP contribution in [0.25, 0.3) is 11.4 Å². The van der Waals surface area contributed by atoms with Gasteiger partial charge >= 0.3 is 0 Å². The maximum Gasteiger partial charge on any atom is 0.233 e. The number of amides is 1. The summed E-state index contributed by atoms with van der Waals surface area (Å²) in [5.74, 6) is 1.92. The van der Waals surface area contributed by atoms with Crippen LogP contribution in [0, 0.1) is 5.82 Å². The van der Waals surface area contributed by atoms with Gasteiger partial charge in [0.2, 0.25) is 5.91 Å². The first-order valence-electron chi connectivity index (χ1n) is 10.7. The number of ether oxygens (including phenoxy) is 1. The SMILES string of the molecule is COc1cccc(-c2nnc(SCC(=O)N(C)C(C)c3ccc(F)cc3)n2Cc2ccco2)c1. The van der Waals surface area contributed by atoms with E-state index in [0.29, 0.717) is 23.3 Å². The maximum atomic E-state index is 13.2. The van der Waals surface area contributed by atoms with Crippen LogP contribution in [0.3, 0.4) is 0 Å². The maximum absolute atomic E-state index is 13.2. The standard InChI is InChI=1S/C25H25FN4O3S/c1-17(18-9-11-20(26)12-10-18)29(2)23(31)16-34-25-28-27-24(19-6-4-7-21(14-19)32-3)30(25)15-22-8-5-13-33-22/h4-14,17H,15-16H2,1-3H3. The van der Waals surface area contributed by atoms with Crippen LogP contribution in [0.15, 0.2) is 76.5 Å². The van der Waals surface area contributed by atoms with Crippen LogP contribution < -0.4 is 4.74 Å². The summed E-state index contributed by atoms with van der Waals surface area (Å²) in [6.45, 7) is 2.33. The lowest BCUT2D eigenvalue weighted by atomic mass is 10.1. The second kappa shape index (κ2) is 10.6. The van der Waals surface area contributed by atoms with E-state index < -0.39 is 0 Å². The molecule has 2 heterocycles. The number of benzene rings is 2.